The van der Waals surface area contributed by atoms with Crippen LogP contribution >= 0.6 is 0 Å². The molecule has 2 heterocycles. The molecule has 30 heavy (non-hydrogen) atoms. The van der Waals surface area contributed by atoms with Crippen LogP contribution in [0.2, 0.25) is 0 Å². The third-order valence-electron chi connectivity index (χ3n) is 4.41. The number of benzene rings is 2. The molecule has 2 N–H and O–H groups in total. The van der Waals surface area contributed by atoms with E-state index in [4.69, 9.17) is 0 Å². The molecular weight excluding hydrogens is 407 g/mol. The van der Waals surface area contributed by atoms with Gasteiger partial charge in [0.2, 0.25) is 10.0 Å². The highest BCUT2D eigenvalue weighted by atomic mass is 32.2. The summed E-state index contributed by atoms with van der Waals surface area (Å²) in [5, 5.41) is 15.8. The smallest absolute Gasteiger partial charge is 0.240 e. The first kappa shape index (κ1) is 19.9. The Labute approximate surface area is 172 Å². The molecule has 0 bridgehead atoms. The van der Waals surface area contributed by atoms with Gasteiger partial charge in [0.15, 0.2) is 11.5 Å². The molecule has 0 aliphatic carbocycles. The Bertz CT molecular complexity index is 1240. The fraction of sp³-hybridized carbons (Fsp3) is 0.150. The zero-order chi connectivity index (χ0) is 21.0. The van der Waals surface area contributed by atoms with E-state index in [0.29, 0.717) is 30.3 Å². The molecule has 0 aliphatic rings. The Morgan fingerprint density at radius 2 is 1.70 bits per heavy atom. The maximum Gasteiger partial charge on any atom is 0.240 e. The lowest BCUT2D eigenvalue weighted by Crippen LogP contribution is -2.26. The van der Waals surface area contributed by atoms with Gasteiger partial charge in [-0.05, 0) is 42.0 Å². The summed E-state index contributed by atoms with van der Waals surface area (Å²) in [7, 11) is -3.58. The third-order valence-corrected chi connectivity index (χ3v) is 5.89. The Hall–Kier alpha value is -3.37. The summed E-state index contributed by atoms with van der Waals surface area (Å²) in [5.74, 6) is 0.847. The van der Waals surface area contributed by atoms with E-state index in [2.05, 4.69) is 25.3 Å². The van der Waals surface area contributed by atoms with Crippen LogP contribution in [-0.2, 0) is 23.0 Å². The average Bonchev–Trinajstić information content (AvgIpc) is 3.16. The maximum atomic E-state index is 13.0. The second kappa shape index (κ2) is 8.56. The van der Waals surface area contributed by atoms with Gasteiger partial charge in [-0.3, -0.25) is 0 Å². The Kier molecular flexibility index (Phi) is 5.68. The predicted molar refractivity (Wildman–Crippen MR) is 110 cm³/mol. The average molecular weight is 426 g/mol. The molecule has 0 unspecified atom stereocenters. The molecule has 2 aromatic carbocycles. The lowest BCUT2D eigenvalue weighted by atomic mass is 10.2. The van der Waals surface area contributed by atoms with Gasteiger partial charge in [-0.25, -0.2) is 17.5 Å². The topological polar surface area (TPSA) is 101 Å². The van der Waals surface area contributed by atoms with Gasteiger partial charge in [0, 0.05) is 19.5 Å². The first-order valence-electron chi connectivity index (χ1n) is 9.26. The molecular formula is C20H19FN6O2S. The first-order chi connectivity index (χ1) is 14.5. The van der Waals surface area contributed by atoms with E-state index < -0.39 is 10.0 Å². The number of aromatic nitrogens is 4. The minimum absolute atomic E-state index is 0.160. The van der Waals surface area contributed by atoms with E-state index in [1.54, 1.807) is 47.0 Å². The van der Waals surface area contributed by atoms with Crippen LogP contribution in [0, 0.1) is 5.82 Å². The van der Waals surface area contributed by atoms with E-state index in [1.807, 2.05) is 0 Å². The number of halogens is 1. The number of sulfonamides is 1. The number of rotatable bonds is 8. The number of anilines is 1. The van der Waals surface area contributed by atoms with Crippen molar-refractivity contribution < 1.29 is 12.8 Å². The molecule has 0 saturated heterocycles. The van der Waals surface area contributed by atoms with Gasteiger partial charge in [0.1, 0.15) is 11.6 Å². The van der Waals surface area contributed by atoms with Crippen LogP contribution in [0.25, 0.3) is 5.65 Å². The molecule has 0 saturated carbocycles. The van der Waals surface area contributed by atoms with Gasteiger partial charge in [-0.1, -0.05) is 30.3 Å². The minimum atomic E-state index is -3.58. The number of nitrogens with one attached hydrogen (secondary N) is 2. The van der Waals surface area contributed by atoms with E-state index >= 15 is 0 Å². The molecule has 0 aliphatic heterocycles. The van der Waals surface area contributed by atoms with Crippen molar-refractivity contribution in [3.8, 4) is 0 Å². The summed E-state index contributed by atoms with van der Waals surface area (Å²) in [6, 6.07) is 17.9. The van der Waals surface area contributed by atoms with E-state index in [9.17, 15) is 12.8 Å². The van der Waals surface area contributed by atoms with Crippen LogP contribution in [0.4, 0.5) is 10.2 Å². The zero-order valence-corrected chi connectivity index (χ0v) is 16.7. The molecule has 2 aromatic heterocycles. The Morgan fingerprint density at radius 3 is 2.47 bits per heavy atom. The van der Waals surface area contributed by atoms with Crippen molar-refractivity contribution in [2.75, 3.05) is 11.9 Å². The maximum absolute atomic E-state index is 13.0. The van der Waals surface area contributed by atoms with Gasteiger partial charge in [-0.15, -0.1) is 15.3 Å². The quantitative estimate of drug-likeness (QED) is 0.449. The van der Waals surface area contributed by atoms with Crippen molar-refractivity contribution in [1.82, 2.24) is 24.5 Å². The summed E-state index contributed by atoms with van der Waals surface area (Å²) < 4.78 is 41.8. The fourth-order valence-corrected chi connectivity index (χ4v) is 3.91. The van der Waals surface area contributed by atoms with Crippen molar-refractivity contribution in [2.45, 2.75) is 17.9 Å². The van der Waals surface area contributed by atoms with Gasteiger partial charge in [0.25, 0.3) is 0 Å². The summed E-state index contributed by atoms with van der Waals surface area (Å²) in [6.45, 7) is 0.639. The molecule has 4 aromatic rings. The lowest BCUT2D eigenvalue weighted by molar-refractivity contribution is 0.580. The Morgan fingerprint density at radius 1 is 0.933 bits per heavy atom. The highest BCUT2D eigenvalue weighted by molar-refractivity contribution is 7.89. The largest absolute Gasteiger partial charge is 0.365 e. The summed E-state index contributed by atoms with van der Waals surface area (Å²) in [6.07, 6.45) is 0.321. The van der Waals surface area contributed by atoms with Crippen molar-refractivity contribution in [2.24, 2.45) is 0 Å². The normalized spacial score (nSPS) is 11.6. The number of hydrogen-bond acceptors (Lipinski definition) is 6. The summed E-state index contributed by atoms with van der Waals surface area (Å²) in [4.78, 5) is 0.210. The molecule has 0 amide bonds. The van der Waals surface area contributed by atoms with Crippen molar-refractivity contribution >= 4 is 21.5 Å². The standard InChI is InChI=1S/C20H19FN6O2S/c21-16-8-6-15(7-9-16)14-22-18-10-11-19-24-25-20(27(19)26-18)12-13-23-30(28,29)17-4-2-1-3-5-17/h1-11,23H,12-14H2,(H,22,26). The molecule has 4 rings (SSSR count). The molecule has 0 spiro atoms. The highest BCUT2D eigenvalue weighted by Crippen LogP contribution is 2.11. The van der Waals surface area contributed by atoms with E-state index in [0.717, 1.165) is 5.56 Å². The second-order valence-corrected chi connectivity index (χ2v) is 8.31. The molecule has 0 atom stereocenters. The van der Waals surface area contributed by atoms with Gasteiger partial charge in [-0.2, -0.15) is 4.52 Å². The van der Waals surface area contributed by atoms with Crippen molar-refractivity contribution in [3.05, 3.63) is 83.9 Å². The van der Waals surface area contributed by atoms with Gasteiger partial charge >= 0.3 is 0 Å². The van der Waals surface area contributed by atoms with E-state index in [-0.39, 0.29) is 17.3 Å². The minimum Gasteiger partial charge on any atom is -0.365 e. The van der Waals surface area contributed by atoms with E-state index in [1.165, 1.54) is 24.3 Å². The highest BCUT2D eigenvalue weighted by Gasteiger charge is 2.14. The Balaban J connectivity index is 1.42. The molecule has 10 heteroatoms. The van der Waals surface area contributed by atoms with Crippen LogP contribution in [0.1, 0.15) is 11.4 Å². The number of nitrogens with zero attached hydrogens (tertiary/aromatic N) is 4. The van der Waals surface area contributed by atoms with Crippen LogP contribution in [0.5, 0.6) is 0 Å². The van der Waals surface area contributed by atoms with Crippen molar-refractivity contribution in [3.63, 3.8) is 0 Å². The molecule has 8 nitrogen and oxygen atoms in total. The number of hydrogen-bond donors (Lipinski definition) is 2. The van der Waals surface area contributed by atoms with Crippen LogP contribution in [0.3, 0.4) is 0 Å². The van der Waals surface area contributed by atoms with Crippen LogP contribution in [-0.4, -0.2) is 34.8 Å². The lowest BCUT2D eigenvalue weighted by Gasteiger charge is -2.07. The van der Waals surface area contributed by atoms with Crippen molar-refractivity contribution in [1.29, 1.82) is 0 Å². The SMILES string of the molecule is O=S(=O)(NCCc1nnc2ccc(NCc3ccc(F)cc3)nn12)c1ccccc1. The van der Waals surface area contributed by atoms with Gasteiger partial charge in [0.05, 0.1) is 4.90 Å². The van der Waals surface area contributed by atoms with Crippen LogP contribution < -0.4 is 10.0 Å². The monoisotopic (exact) mass is 426 g/mol. The molecule has 0 fully saturated rings. The first-order valence-corrected chi connectivity index (χ1v) is 10.7. The molecule has 154 valence electrons. The summed E-state index contributed by atoms with van der Waals surface area (Å²) >= 11 is 0. The van der Waals surface area contributed by atoms with Gasteiger partial charge < -0.3 is 5.32 Å². The predicted octanol–water partition coefficient (Wildman–Crippen LogP) is 2.40. The fourth-order valence-electron chi connectivity index (χ4n) is 2.86. The third kappa shape index (κ3) is 4.61. The molecule has 0 radical (unpaired) electrons. The van der Waals surface area contributed by atoms with Crippen LogP contribution in [0.15, 0.2) is 71.6 Å². The number of fused-ring (bicyclic) bond motifs is 1. The zero-order valence-electron chi connectivity index (χ0n) is 15.9. The summed E-state index contributed by atoms with van der Waals surface area (Å²) in [5.41, 5.74) is 1.47. The second-order valence-electron chi connectivity index (χ2n) is 6.55.